The second-order valence-corrected chi connectivity index (χ2v) is 16.4. The van der Waals surface area contributed by atoms with Crippen molar-refractivity contribution in [2.24, 2.45) is 0 Å². The van der Waals surface area contributed by atoms with Crippen LogP contribution in [0, 0.1) is 0 Å². The van der Waals surface area contributed by atoms with Crippen LogP contribution in [0.25, 0.3) is 0 Å². The molecule has 0 bridgehead atoms. The Hall–Kier alpha value is -4.31. The Balaban J connectivity index is 1.36. The zero-order valence-electron chi connectivity index (χ0n) is 26.0. The molecular formula is C36H40N2O6Si. The molecule has 3 aromatic carbocycles. The van der Waals surface area contributed by atoms with Crippen molar-refractivity contribution < 1.29 is 28.6 Å². The Kier molecular flexibility index (Phi) is 10.1. The lowest BCUT2D eigenvalue weighted by atomic mass is 10.1. The number of rotatable bonds is 11. The molecule has 1 saturated heterocycles. The van der Waals surface area contributed by atoms with Gasteiger partial charge in [-0.3, -0.25) is 14.6 Å². The van der Waals surface area contributed by atoms with E-state index in [4.69, 9.17) is 13.9 Å². The molecule has 5 rings (SSSR count). The molecule has 0 radical (unpaired) electrons. The van der Waals surface area contributed by atoms with Gasteiger partial charge in [0.25, 0.3) is 14.2 Å². The highest BCUT2D eigenvalue weighted by atomic mass is 28.4. The van der Waals surface area contributed by atoms with E-state index in [0.717, 1.165) is 0 Å². The summed E-state index contributed by atoms with van der Waals surface area (Å²) in [5.74, 6) is -0.0619. The molecule has 1 aromatic heterocycles. The van der Waals surface area contributed by atoms with E-state index in [0.29, 0.717) is 43.7 Å². The van der Waals surface area contributed by atoms with Crippen LogP contribution < -0.4 is 15.1 Å². The summed E-state index contributed by atoms with van der Waals surface area (Å²) in [7, 11) is -2.74. The van der Waals surface area contributed by atoms with Gasteiger partial charge in [0, 0.05) is 25.8 Å². The molecule has 2 heterocycles. The third kappa shape index (κ3) is 6.85. The zero-order valence-corrected chi connectivity index (χ0v) is 27.0. The van der Waals surface area contributed by atoms with E-state index in [9.17, 15) is 14.7 Å². The van der Waals surface area contributed by atoms with Gasteiger partial charge in [0.1, 0.15) is 18.1 Å². The van der Waals surface area contributed by atoms with Crippen molar-refractivity contribution in [3.05, 3.63) is 114 Å². The van der Waals surface area contributed by atoms with Gasteiger partial charge in [0.2, 0.25) is 0 Å². The first-order valence-electron chi connectivity index (χ1n) is 15.2. The lowest BCUT2D eigenvalue weighted by Crippen LogP contribution is -2.66. The molecular weight excluding hydrogens is 584 g/mol. The maximum absolute atomic E-state index is 14.0. The van der Waals surface area contributed by atoms with Gasteiger partial charge in [-0.25, -0.2) is 0 Å². The van der Waals surface area contributed by atoms with E-state index in [1.807, 2.05) is 12.1 Å². The van der Waals surface area contributed by atoms with Crippen LogP contribution in [0.2, 0.25) is 5.04 Å². The van der Waals surface area contributed by atoms with Crippen LogP contribution in [0.1, 0.15) is 47.2 Å². The number of nitrogens with zero attached hydrogens (tertiary/aromatic N) is 2. The molecule has 0 aliphatic carbocycles. The van der Waals surface area contributed by atoms with E-state index < -0.39 is 14.4 Å². The minimum absolute atomic E-state index is 0.0718. The van der Waals surface area contributed by atoms with Gasteiger partial charge in [-0.05, 0) is 39.7 Å². The number of pyridine rings is 1. The maximum atomic E-state index is 14.0. The van der Waals surface area contributed by atoms with Crippen LogP contribution >= 0.6 is 0 Å². The fourth-order valence-corrected chi connectivity index (χ4v) is 10.6. The first kappa shape index (κ1) is 32.1. The molecule has 1 amide bonds. The number of carbonyl (C=O) groups excluding carboxylic acids is 2. The van der Waals surface area contributed by atoms with Crippen LogP contribution in [-0.2, 0) is 15.6 Å². The van der Waals surface area contributed by atoms with Crippen LogP contribution in [-0.4, -0.2) is 74.5 Å². The first-order chi connectivity index (χ1) is 21.8. The minimum Gasteiger partial charge on any atom is -0.507 e. The van der Waals surface area contributed by atoms with E-state index in [2.05, 4.69) is 74.3 Å². The summed E-state index contributed by atoms with van der Waals surface area (Å²) in [5.41, 5.74) is 1.26. The number of aromatic hydroxyl groups is 1. The van der Waals surface area contributed by atoms with Crippen molar-refractivity contribution >= 4 is 30.9 Å². The molecule has 1 atom stereocenters. The molecule has 9 heteroatoms. The van der Waals surface area contributed by atoms with Crippen molar-refractivity contribution in [2.75, 3.05) is 33.0 Å². The topological polar surface area (TPSA) is 98.2 Å². The van der Waals surface area contributed by atoms with Gasteiger partial charge >= 0.3 is 0 Å². The highest BCUT2D eigenvalue weighted by Gasteiger charge is 2.50. The van der Waals surface area contributed by atoms with Crippen molar-refractivity contribution in [1.29, 1.82) is 0 Å². The maximum Gasteiger partial charge on any atom is 0.261 e. The Morgan fingerprint density at radius 2 is 1.69 bits per heavy atom. The van der Waals surface area contributed by atoms with Crippen molar-refractivity contribution in [3.8, 4) is 11.5 Å². The quantitative estimate of drug-likeness (QED) is 0.192. The van der Waals surface area contributed by atoms with Gasteiger partial charge in [-0.15, -0.1) is 0 Å². The first-order valence-corrected chi connectivity index (χ1v) is 17.1. The molecule has 1 N–H and O–H groups in total. The summed E-state index contributed by atoms with van der Waals surface area (Å²) in [6.45, 7) is 8.29. The smallest absolute Gasteiger partial charge is 0.261 e. The number of ether oxygens (including phenoxy) is 2. The minimum atomic E-state index is -2.74. The standard InChI is InChI=1S/C36H40N2O6Si/c1-36(2,3)45(28-12-6-4-7-13-28,29-14-8-5-9-15-29)44-22-19-32-30(16-11-20-37-32)35(41)38-21-23-42-25-27(38)26-43-34-18-10-17-33(40)31(34)24-39/h4-18,20,24,27,40H,19,21-23,25-26H2,1-3H3/t27-/m0/s1. The third-order valence-electron chi connectivity index (χ3n) is 8.28. The lowest BCUT2D eigenvalue weighted by molar-refractivity contribution is -0.0152. The molecule has 1 aliphatic heterocycles. The van der Waals surface area contributed by atoms with Crippen molar-refractivity contribution in [1.82, 2.24) is 9.88 Å². The number of amides is 1. The number of hydrogen-bond acceptors (Lipinski definition) is 7. The van der Waals surface area contributed by atoms with E-state index >= 15 is 0 Å². The van der Waals surface area contributed by atoms with Crippen molar-refractivity contribution in [3.63, 3.8) is 0 Å². The summed E-state index contributed by atoms with van der Waals surface area (Å²) in [6.07, 6.45) is 2.73. The SMILES string of the molecule is CC(C)(C)[Si](OCCc1ncccc1C(=O)N1CCOC[C@H]1COc1cccc(O)c1C=O)(c1ccccc1)c1ccccc1. The highest BCUT2D eigenvalue weighted by Crippen LogP contribution is 2.37. The molecule has 4 aromatic rings. The zero-order chi connectivity index (χ0) is 31.9. The predicted octanol–water partition coefficient (Wildman–Crippen LogP) is 4.64. The molecule has 0 unspecified atom stereocenters. The number of aldehydes is 1. The van der Waals surface area contributed by atoms with E-state index in [1.165, 1.54) is 16.4 Å². The number of phenols is 1. The van der Waals surface area contributed by atoms with Gasteiger partial charge in [-0.2, -0.15) is 0 Å². The fraction of sp³-hybridized carbons (Fsp3) is 0.306. The highest BCUT2D eigenvalue weighted by molar-refractivity contribution is 6.99. The average Bonchev–Trinajstić information content (AvgIpc) is 3.06. The summed E-state index contributed by atoms with van der Waals surface area (Å²) in [5, 5.41) is 12.3. The second-order valence-electron chi connectivity index (χ2n) is 12.1. The Bertz CT molecular complexity index is 1550. The number of hydrogen-bond donors (Lipinski definition) is 1. The third-order valence-corrected chi connectivity index (χ3v) is 13.3. The fourth-order valence-electron chi connectivity index (χ4n) is 6.07. The van der Waals surface area contributed by atoms with Gasteiger partial charge in [0.15, 0.2) is 6.29 Å². The van der Waals surface area contributed by atoms with E-state index in [-0.39, 0.29) is 41.2 Å². The van der Waals surface area contributed by atoms with Crippen LogP contribution in [0.15, 0.2) is 97.2 Å². The van der Waals surface area contributed by atoms with Crippen LogP contribution in [0.5, 0.6) is 11.5 Å². The lowest BCUT2D eigenvalue weighted by Gasteiger charge is -2.43. The Morgan fingerprint density at radius 1 is 1.00 bits per heavy atom. The predicted molar refractivity (Wildman–Crippen MR) is 176 cm³/mol. The molecule has 0 spiro atoms. The molecule has 234 valence electrons. The molecule has 45 heavy (non-hydrogen) atoms. The summed E-state index contributed by atoms with van der Waals surface area (Å²) >= 11 is 0. The Labute approximate surface area is 265 Å². The summed E-state index contributed by atoms with van der Waals surface area (Å²) in [6, 6.07) is 28.8. The monoisotopic (exact) mass is 624 g/mol. The number of phenolic OH excluding ortho intramolecular Hbond substituents is 1. The van der Waals surface area contributed by atoms with Gasteiger partial charge in [-0.1, -0.05) is 87.5 Å². The van der Waals surface area contributed by atoms with Crippen LogP contribution in [0.3, 0.4) is 0 Å². The molecule has 8 nitrogen and oxygen atoms in total. The van der Waals surface area contributed by atoms with Gasteiger partial charge in [0.05, 0.1) is 36.1 Å². The normalized spacial score (nSPS) is 15.4. The molecule has 0 saturated carbocycles. The summed E-state index contributed by atoms with van der Waals surface area (Å²) < 4.78 is 18.7. The second kappa shape index (κ2) is 14.2. The molecule has 1 aliphatic rings. The average molecular weight is 625 g/mol. The number of aromatic nitrogens is 1. The Morgan fingerprint density at radius 3 is 2.33 bits per heavy atom. The number of carbonyl (C=O) groups is 2. The van der Waals surface area contributed by atoms with Crippen molar-refractivity contribution in [2.45, 2.75) is 38.3 Å². The van der Waals surface area contributed by atoms with Crippen LogP contribution in [0.4, 0.5) is 0 Å². The van der Waals surface area contributed by atoms with Gasteiger partial charge < -0.3 is 23.9 Å². The molecule has 1 fully saturated rings. The largest absolute Gasteiger partial charge is 0.507 e. The summed E-state index contributed by atoms with van der Waals surface area (Å²) in [4.78, 5) is 31.9. The number of morpholine rings is 1. The van der Waals surface area contributed by atoms with E-state index in [1.54, 1.807) is 35.4 Å². The number of benzene rings is 3.